The van der Waals surface area contributed by atoms with E-state index in [1.54, 1.807) is 6.07 Å². The fourth-order valence-electron chi connectivity index (χ4n) is 2.95. The van der Waals surface area contributed by atoms with Crippen LogP contribution < -0.4 is 0 Å². The number of imidazole rings is 1. The lowest BCUT2D eigenvalue weighted by molar-refractivity contribution is -0.138. The third-order valence-electron chi connectivity index (χ3n) is 4.63. The lowest BCUT2D eigenvalue weighted by Gasteiger charge is -2.13. The zero-order valence-electron chi connectivity index (χ0n) is 16.6. The minimum absolute atomic E-state index is 0.0252. The van der Waals surface area contributed by atoms with Crippen molar-refractivity contribution >= 4 is 9.84 Å². The highest BCUT2D eigenvalue weighted by atomic mass is 32.2. The van der Waals surface area contributed by atoms with Crippen molar-refractivity contribution in [3.05, 3.63) is 42.6 Å². The van der Waals surface area contributed by atoms with E-state index in [2.05, 4.69) is 19.9 Å². The van der Waals surface area contributed by atoms with E-state index in [1.165, 1.54) is 43.2 Å². The molecule has 0 amide bonds. The van der Waals surface area contributed by atoms with Crippen LogP contribution in [-0.2, 0) is 16.9 Å². The van der Waals surface area contributed by atoms with Crippen molar-refractivity contribution in [2.24, 2.45) is 7.05 Å². The molecule has 0 saturated heterocycles. The fraction of sp³-hybridized carbons (Fsp3) is 0.368. The number of rotatable bonds is 7. The second-order valence-corrected chi connectivity index (χ2v) is 8.98. The first-order valence-electron chi connectivity index (χ1n) is 9.26. The molecule has 3 aromatic rings. The van der Waals surface area contributed by atoms with Gasteiger partial charge in [0.1, 0.15) is 11.9 Å². The number of alkyl halides is 4. The second kappa shape index (κ2) is 8.69. The SMILES string of the molecule is CCS(=O)(=O)c1cc(-c2ncccn2)cnc1-c1ncc([C@@H](F)CCC(F)(F)F)n1C. The summed E-state index contributed by atoms with van der Waals surface area (Å²) in [7, 11) is -2.38. The average Bonchev–Trinajstić information content (AvgIpc) is 3.13. The molecule has 0 bridgehead atoms. The van der Waals surface area contributed by atoms with E-state index >= 15 is 0 Å². The zero-order valence-corrected chi connectivity index (χ0v) is 17.5. The topological polar surface area (TPSA) is 90.6 Å². The van der Waals surface area contributed by atoms with Gasteiger partial charge in [-0.05, 0) is 18.6 Å². The molecule has 3 rings (SSSR count). The van der Waals surface area contributed by atoms with Gasteiger partial charge in [-0.25, -0.2) is 27.8 Å². The van der Waals surface area contributed by atoms with Gasteiger partial charge in [0.05, 0.1) is 22.5 Å². The fourth-order valence-corrected chi connectivity index (χ4v) is 4.00. The summed E-state index contributed by atoms with van der Waals surface area (Å²) in [6.45, 7) is 1.46. The van der Waals surface area contributed by atoms with E-state index in [9.17, 15) is 26.0 Å². The van der Waals surface area contributed by atoms with Crippen molar-refractivity contribution in [3.63, 3.8) is 0 Å². The maximum absolute atomic E-state index is 14.4. The van der Waals surface area contributed by atoms with Gasteiger partial charge in [-0.3, -0.25) is 4.98 Å². The molecule has 1 atom stereocenters. The predicted octanol–water partition coefficient (Wildman–Crippen LogP) is 4.09. The first kappa shape index (κ1) is 22.8. The lowest BCUT2D eigenvalue weighted by Crippen LogP contribution is -2.11. The van der Waals surface area contributed by atoms with E-state index < -0.39 is 35.0 Å². The van der Waals surface area contributed by atoms with E-state index in [0.29, 0.717) is 5.56 Å². The summed E-state index contributed by atoms with van der Waals surface area (Å²) in [6, 6.07) is 2.97. The summed E-state index contributed by atoms with van der Waals surface area (Å²) in [5, 5.41) is 0. The van der Waals surface area contributed by atoms with Crippen LogP contribution in [-0.4, -0.2) is 44.8 Å². The quantitative estimate of drug-likeness (QED) is 0.497. The van der Waals surface area contributed by atoms with Gasteiger partial charge in [-0.15, -0.1) is 0 Å². The van der Waals surface area contributed by atoms with Crippen molar-refractivity contribution in [2.75, 3.05) is 5.75 Å². The molecule has 31 heavy (non-hydrogen) atoms. The highest BCUT2D eigenvalue weighted by Gasteiger charge is 2.30. The Balaban J connectivity index is 2.06. The summed E-state index contributed by atoms with van der Waals surface area (Å²) in [5.74, 6) is 0.0675. The maximum Gasteiger partial charge on any atom is 0.389 e. The van der Waals surface area contributed by atoms with Gasteiger partial charge in [0.15, 0.2) is 21.5 Å². The molecule has 166 valence electrons. The Bertz CT molecular complexity index is 1160. The van der Waals surface area contributed by atoms with E-state index in [-0.39, 0.29) is 33.7 Å². The standard InChI is InChI=1S/C19H19F4N5O2S/c1-3-31(29,30)15-9-12(17-24-7-4-8-25-17)10-26-16(15)18-27-11-14(28(18)2)13(20)5-6-19(21,22)23/h4,7-11,13H,3,5-6H2,1-2H3/t13-/m0/s1. The molecule has 7 nitrogen and oxygen atoms in total. The number of hydrogen-bond donors (Lipinski definition) is 0. The molecular weight excluding hydrogens is 438 g/mol. The molecule has 0 aromatic carbocycles. The number of halogens is 4. The smallest absolute Gasteiger partial charge is 0.327 e. The number of pyridine rings is 1. The minimum atomic E-state index is -4.48. The number of sulfone groups is 1. The zero-order chi connectivity index (χ0) is 22.8. The van der Waals surface area contributed by atoms with E-state index in [0.717, 1.165) is 6.20 Å². The molecule has 0 aliphatic rings. The van der Waals surface area contributed by atoms with Crippen LogP contribution in [0.2, 0.25) is 0 Å². The van der Waals surface area contributed by atoms with E-state index in [1.807, 2.05) is 0 Å². The van der Waals surface area contributed by atoms with E-state index in [4.69, 9.17) is 0 Å². The highest BCUT2D eigenvalue weighted by Crippen LogP contribution is 2.33. The molecule has 0 saturated carbocycles. The van der Waals surface area contributed by atoms with Crippen molar-refractivity contribution in [2.45, 2.75) is 37.0 Å². The summed E-state index contributed by atoms with van der Waals surface area (Å²) < 4.78 is 78.4. The molecular formula is C19H19F4N5O2S. The minimum Gasteiger partial charge on any atom is -0.327 e. The maximum atomic E-state index is 14.4. The third-order valence-corrected chi connectivity index (χ3v) is 6.37. The molecule has 0 fully saturated rings. The molecule has 0 radical (unpaired) electrons. The van der Waals surface area contributed by atoms with Gasteiger partial charge in [-0.2, -0.15) is 13.2 Å². The molecule has 3 aromatic heterocycles. The Labute approximate surface area is 176 Å². The summed E-state index contributed by atoms with van der Waals surface area (Å²) in [5.41, 5.74) is 0.231. The third kappa shape index (κ3) is 5.06. The van der Waals surface area contributed by atoms with Gasteiger partial charge in [0, 0.05) is 37.6 Å². The molecule has 0 aliphatic carbocycles. The average molecular weight is 457 g/mol. The first-order valence-corrected chi connectivity index (χ1v) is 10.9. The predicted molar refractivity (Wildman–Crippen MR) is 104 cm³/mol. The van der Waals surface area contributed by atoms with Crippen molar-refractivity contribution in [1.29, 1.82) is 0 Å². The Morgan fingerprint density at radius 3 is 2.39 bits per heavy atom. The van der Waals surface area contributed by atoms with Crippen molar-refractivity contribution < 1.29 is 26.0 Å². The van der Waals surface area contributed by atoms with Crippen LogP contribution in [0.5, 0.6) is 0 Å². The van der Waals surface area contributed by atoms with Gasteiger partial charge in [-0.1, -0.05) is 6.92 Å². The largest absolute Gasteiger partial charge is 0.389 e. The summed E-state index contributed by atoms with van der Waals surface area (Å²) in [4.78, 5) is 16.3. The van der Waals surface area contributed by atoms with Crippen LogP contribution in [0.15, 0.2) is 41.8 Å². The monoisotopic (exact) mass is 457 g/mol. The molecule has 12 heteroatoms. The van der Waals surface area contributed by atoms with Crippen LogP contribution >= 0.6 is 0 Å². The van der Waals surface area contributed by atoms with Gasteiger partial charge in [0.2, 0.25) is 0 Å². The van der Waals surface area contributed by atoms with Crippen LogP contribution in [0.25, 0.3) is 22.9 Å². The lowest BCUT2D eigenvalue weighted by atomic mass is 10.1. The van der Waals surface area contributed by atoms with Gasteiger partial charge in [0.25, 0.3) is 0 Å². The molecule has 0 spiro atoms. The van der Waals surface area contributed by atoms with Crippen molar-refractivity contribution in [1.82, 2.24) is 24.5 Å². The Hall–Kier alpha value is -2.89. The van der Waals surface area contributed by atoms with Gasteiger partial charge < -0.3 is 4.57 Å². The molecule has 0 unspecified atom stereocenters. The van der Waals surface area contributed by atoms with Crippen LogP contribution in [0, 0.1) is 0 Å². The molecule has 0 N–H and O–H groups in total. The van der Waals surface area contributed by atoms with Crippen LogP contribution in [0.3, 0.4) is 0 Å². The Kier molecular flexibility index (Phi) is 6.39. The normalized spacial score (nSPS) is 13.4. The first-order chi connectivity index (χ1) is 14.5. The number of nitrogens with zero attached hydrogens (tertiary/aromatic N) is 5. The summed E-state index contributed by atoms with van der Waals surface area (Å²) in [6.07, 6.45) is -3.00. The summed E-state index contributed by atoms with van der Waals surface area (Å²) >= 11 is 0. The Morgan fingerprint density at radius 1 is 1.10 bits per heavy atom. The van der Waals surface area contributed by atoms with Crippen LogP contribution in [0.4, 0.5) is 17.6 Å². The Morgan fingerprint density at radius 2 is 1.77 bits per heavy atom. The second-order valence-electron chi connectivity index (χ2n) is 6.73. The molecule has 3 heterocycles. The number of hydrogen-bond acceptors (Lipinski definition) is 6. The highest BCUT2D eigenvalue weighted by molar-refractivity contribution is 7.91. The number of aromatic nitrogens is 5. The molecule has 0 aliphatic heterocycles. The van der Waals surface area contributed by atoms with Crippen molar-refractivity contribution in [3.8, 4) is 22.9 Å². The van der Waals surface area contributed by atoms with Gasteiger partial charge >= 0.3 is 6.18 Å². The van der Waals surface area contributed by atoms with Crippen LogP contribution in [0.1, 0.15) is 31.6 Å².